The van der Waals surface area contributed by atoms with Crippen molar-refractivity contribution in [2.24, 2.45) is 12.8 Å². The second kappa shape index (κ2) is 6.47. The van der Waals surface area contributed by atoms with Gasteiger partial charge in [-0.1, -0.05) is 35.3 Å². The first-order valence-electron chi connectivity index (χ1n) is 6.32. The first-order valence-corrected chi connectivity index (χ1v) is 7.07. The predicted molar refractivity (Wildman–Crippen MR) is 83.1 cm³/mol. The van der Waals surface area contributed by atoms with Crippen molar-refractivity contribution >= 4 is 29.1 Å². The summed E-state index contributed by atoms with van der Waals surface area (Å²) in [4.78, 5) is 13.9. The number of aromatic nitrogens is 2. The zero-order chi connectivity index (χ0) is 15.6. The van der Waals surface area contributed by atoms with Gasteiger partial charge >= 0.3 is 0 Å². The van der Waals surface area contributed by atoms with Crippen molar-refractivity contribution in [1.29, 1.82) is 0 Å². The van der Waals surface area contributed by atoms with Crippen LogP contribution in [-0.2, 0) is 18.4 Å². The largest absolute Gasteiger partial charge is 0.340 e. The Bertz CT molecular complexity index is 656. The summed E-state index contributed by atoms with van der Waals surface area (Å²) in [6.45, 7) is 0.339. The molecule has 112 valence electrons. The van der Waals surface area contributed by atoms with E-state index in [2.05, 4.69) is 5.10 Å². The number of carbonyl (C=O) groups is 1. The molecule has 0 aliphatic rings. The number of benzene rings is 1. The zero-order valence-corrected chi connectivity index (χ0v) is 13.3. The minimum Gasteiger partial charge on any atom is -0.340 e. The minimum atomic E-state index is -0.748. The molecule has 1 amide bonds. The number of hydrogen-bond donors (Lipinski definition) is 1. The first kappa shape index (κ1) is 15.8. The number of rotatable bonds is 4. The highest BCUT2D eigenvalue weighted by Gasteiger charge is 2.22. The summed E-state index contributed by atoms with van der Waals surface area (Å²) in [5.74, 6) is -0.209. The maximum Gasteiger partial charge on any atom is 0.244 e. The Balaban J connectivity index is 2.11. The number of amides is 1. The molecule has 1 aromatic heterocycles. The van der Waals surface area contributed by atoms with Crippen molar-refractivity contribution in [3.8, 4) is 0 Å². The summed E-state index contributed by atoms with van der Waals surface area (Å²) >= 11 is 12.1. The highest BCUT2D eigenvalue weighted by atomic mass is 35.5. The van der Waals surface area contributed by atoms with Gasteiger partial charge in [0.2, 0.25) is 5.91 Å². The normalized spacial score (nSPS) is 12.2. The van der Waals surface area contributed by atoms with Crippen LogP contribution in [0.2, 0.25) is 10.0 Å². The molecule has 5 nitrogen and oxygen atoms in total. The van der Waals surface area contributed by atoms with Crippen LogP contribution < -0.4 is 5.73 Å². The Morgan fingerprint density at radius 2 is 2.19 bits per heavy atom. The molecule has 0 saturated carbocycles. The molecular weight excluding hydrogens is 311 g/mol. The van der Waals surface area contributed by atoms with Crippen molar-refractivity contribution in [1.82, 2.24) is 14.7 Å². The Hall–Kier alpha value is -1.56. The zero-order valence-electron chi connectivity index (χ0n) is 11.8. The summed E-state index contributed by atoms with van der Waals surface area (Å²) < 4.78 is 1.61. The summed E-state index contributed by atoms with van der Waals surface area (Å²) in [5, 5.41) is 4.93. The van der Waals surface area contributed by atoms with Crippen molar-refractivity contribution < 1.29 is 4.79 Å². The molecule has 0 saturated heterocycles. The average molecular weight is 327 g/mol. The number of aryl methyl sites for hydroxylation is 1. The number of halogens is 2. The van der Waals surface area contributed by atoms with Crippen LogP contribution in [0.15, 0.2) is 30.6 Å². The van der Waals surface area contributed by atoms with E-state index in [4.69, 9.17) is 28.9 Å². The summed E-state index contributed by atoms with van der Waals surface area (Å²) in [6.07, 6.45) is 3.31. The maximum atomic E-state index is 12.3. The highest BCUT2D eigenvalue weighted by Crippen LogP contribution is 2.26. The van der Waals surface area contributed by atoms with Crippen LogP contribution in [0.1, 0.15) is 17.2 Å². The Kier molecular flexibility index (Phi) is 4.88. The van der Waals surface area contributed by atoms with Gasteiger partial charge in [0.05, 0.1) is 16.2 Å². The summed E-state index contributed by atoms with van der Waals surface area (Å²) in [5.41, 5.74) is 7.42. The fourth-order valence-electron chi connectivity index (χ4n) is 1.98. The molecule has 1 unspecified atom stereocenters. The third kappa shape index (κ3) is 3.56. The van der Waals surface area contributed by atoms with Crippen LogP contribution in [0, 0.1) is 0 Å². The van der Waals surface area contributed by atoms with Crippen LogP contribution in [0.4, 0.5) is 0 Å². The predicted octanol–water partition coefficient (Wildman–Crippen LogP) is 2.39. The van der Waals surface area contributed by atoms with Gasteiger partial charge in [-0.15, -0.1) is 0 Å². The molecule has 0 spiro atoms. The molecule has 1 aromatic carbocycles. The Labute approximate surface area is 133 Å². The molecule has 7 heteroatoms. The smallest absolute Gasteiger partial charge is 0.244 e. The highest BCUT2D eigenvalue weighted by molar-refractivity contribution is 6.42. The third-order valence-electron chi connectivity index (χ3n) is 3.17. The lowest BCUT2D eigenvalue weighted by atomic mass is 10.1. The van der Waals surface area contributed by atoms with E-state index in [0.29, 0.717) is 22.2 Å². The van der Waals surface area contributed by atoms with Crippen molar-refractivity contribution in [3.05, 3.63) is 51.8 Å². The van der Waals surface area contributed by atoms with Crippen molar-refractivity contribution in [3.63, 3.8) is 0 Å². The fraction of sp³-hybridized carbons (Fsp3) is 0.286. The van der Waals surface area contributed by atoms with Crippen LogP contribution in [-0.4, -0.2) is 27.6 Å². The minimum absolute atomic E-state index is 0.209. The van der Waals surface area contributed by atoms with E-state index < -0.39 is 6.04 Å². The molecule has 0 aliphatic carbocycles. The van der Waals surface area contributed by atoms with E-state index in [1.165, 1.54) is 4.90 Å². The van der Waals surface area contributed by atoms with Gasteiger partial charge in [-0.05, 0) is 11.6 Å². The van der Waals surface area contributed by atoms with E-state index >= 15 is 0 Å². The number of likely N-dealkylation sites (N-methyl/N-ethyl adjacent to an activating group) is 1. The maximum absolute atomic E-state index is 12.3. The van der Waals surface area contributed by atoms with Crippen LogP contribution >= 0.6 is 23.2 Å². The standard InChI is InChI=1S/C14H16Cl2N4O/c1-19(7-9-4-3-5-11(15)12(9)16)14(21)13(17)10-6-18-20(2)8-10/h3-6,8,13H,7,17H2,1-2H3. The number of carbonyl (C=O) groups excluding carboxylic acids is 1. The SMILES string of the molecule is CN(Cc1cccc(Cl)c1Cl)C(=O)C(N)c1cnn(C)c1. The monoisotopic (exact) mass is 326 g/mol. The summed E-state index contributed by atoms with van der Waals surface area (Å²) in [6, 6.07) is 4.58. The number of nitrogens with two attached hydrogens (primary N) is 1. The van der Waals surface area contributed by atoms with Crippen molar-refractivity contribution in [2.45, 2.75) is 12.6 Å². The molecular formula is C14H16Cl2N4O. The van der Waals surface area contributed by atoms with Crippen molar-refractivity contribution in [2.75, 3.05) is 7.05 Å². The number of hydrogen-bond acceptors (Lipinski definition) is 3. The average Bonchev–Trinajstić information content (AvgIpc) is 2.88. The molecule has 1 atom stereocenters. The molecule has 2 aromatic rings. The molecule has 2 rings (SSSR count). The quantitative estimate of drug-likeness (QED) is 0.938. The van der Waals surface area contributed by atoms with E-state index in [0.717, 1.165) is 5.56 Å². The van der Waals surface area contributed by atoms with Gasteiger partial charge in [0, 0.05) is 32.4 Å². The molecule has 21 heavy (non-hydrogen) atoms. The second-order valence-electron chi connectivity index (χ2n) is 4.83. The van der Waals surface area contributed by atoms with E-state index in [-0.39, 0.29) is 5.91 Å². The molecule has 0 aliphatic heterocycles. The van der Waals surface area contributed by atoms with Crippen LogP contribution in [0.3, 0.4) is 0 Å². The van der Waals surface area contributed by atoms with Gasteiger partial charge < -0.3 is 10.6 Å². The van der Waals surface area contributed by atoms with Crippen LogP contribution in [0.25, 0.3) is 0 Å². The van der Waals surface area contributed by atoms with E-state index in [1.54, 1.807) is 43.3 Å². The van der Waals surface area contributed by atoms with E-state index in [1.807, 2.05) is 6.07 Å². The van der Waals surface area contributed by atoms with Crippen LogP contribution in [0.5, 0.6) is 0 Å². The Morgan fingerprint density at radius 3 is 2.81 bits per heavy atom. The first-order chi connectivity index (χ1) is 9.90. The van der Waals surface area contributed by atoms with Gasteiger partial charge in [0.1, 0.15) is 6.04 Å². The molecule has 0 bridgehead atoms. The Morgan fingerprint density at radius 1 is 1.48 bits per heavy atom. The molecule has 0 radical (unpaired) electrons. The number of nitrogens with zero attached hydrogens (tertiary/aromatic N) is 3. The van der Waals surface area contributed by atoms with Gasteiger partial charge in [-0.2, -0.15) is 5.10 Å². The third-order valence-corrected chi connectivity index (χ3v) is 4.02. The van der Waals surface area contributed by atoms with Gasteiger partial charge in [-0.25, -0.2) is 0 Å². The topological polar surface area (TPSA) is 64.2 Å². The van der Waals surface area contributed by atoms with E-state index in [9.17, 15) is 4.79 Å². The molecule has 1 heterocycles. The lowest BCUT2D eigenvalue weighted by Gasteiger charge is -2.21. The van der Waals surface area contributed by atoms with Gasteiger partial charge in [0.15, 0.2) is 0 Å². The summed E-state index contributed by atoms with van der Waals surface area (Å²) in [7, 11) is 3.45. The molecule has 2 N–H and O–H groups in total. The molecule has 0 fully saturated rings. The lowest BCUT2D eigenvalue weighted by Crippen LogP contribution is -2.35. The fourth-order valence-corrected chi connectivity index (χ4v) is 2.36. The second-order valence-corrected chi connectivity index (χ2v) is 5.62. The van der Waals surface area contributed by atoms with Gasteiger partial charge in [-0.3, -0.25) is 9.48 Å². The lowest BCUT2D eigenvalue weighted by molar-refractivity contribution is -0.131. The van der Waals surface area contributed by atoms with Gasteiger partial charge in [0.25, 0.3) is 0 Å².